The lowest BCUT2D eigenvalue weighted by molar-refractivity contribution is 0.0420. The van der Waals surface area contributed by atoms with Gasteiger partial charge in [0.1, 0.15) is 17.0 Å². The van der Waals surface area contributed by atoms with Crippen molar-refractivity contribution in [2.75, 3.05) is 38.2 Å². The first-order valence-corrected chi connectivity index (χ1v) is 7.74. The minimum atomic E-state index is 0.221. The number of nitrogens with one attached hydrogen (secondary N) is 1. The Morgan fingerprint density at radius 2 is 2.30 bits per heavy atom. The quantitative estimate of drug-likeness (QED) is 0.934. The summed E-state index contributed by atoms with van der Waals surface area (Å²) in [6.45, 7) is 7.69. The average molecular weight is 292 g/mol. The van der Waals surface area contributed by atoms with Gasteiger partial charge in [-0.25, -0.2) is 9.97 Å². The van der Waals surface area contributed by atoms with E-state index in [-0.39, 0.29) is 6.10 Å². The molecule has 0 radical (unpaired) electrons. The maximum absolute atomic E-state index is 5.77. The van der Waals surface area contributed by atoms with Crippen LogP contribution in [0, 0.1) is 13.8 Å². The van der Waals surface area contributed by atoms with Crippen LogP contribution in [-0.2, 0) is 4.74 Å². The summed E-state index contributed by atoms with van der Waals surface area (Å²) in [4.78, 5) is 13.7. The molecule has 1 saturated heterocycles. The molecule has 1 fully saturated rings. The highest BCUT2D eigenvalue weighted by atomic mass is 32.1. The molecule has 1 atom stereocenters. The first-order chi connectivity index (χ1) is 9.70. The highest BCUT2D eigenvalue weighted by Gasteiger charge is 2.24. The molecule has 0 spiro atoms. The van der Waals surface area contributed by atoms with Gasteiger partial charge in [0.2, 0.25) is 0 Å². The zero-order chi connectivity index (χ0) is 14.1. The number of thiophene rings is 1. The van der Waals surface area contributed by atoms with Crippen LogP contribution >= 0.6 is 11.3 Å². The highest BCUT2D eigenvalue weighted by Crippen LogP contribution is 2.34. The van der Waals surface area contributed by atoms with Crippen molar-refractivity contribution in [1.82, 2.24) is 15.3 Å². The van der Waals surface area contributed by atoms with Crippen molar-refractivity contribution >= 4 is 27.4 Å². The van der Waals surface area contributed by atoms with E-state index in [9.17, 15) is 0 Å². The van der Waals surface area contributed by atoms with Crippen molar-refractivity contribution < 1.29 is 4.74 Å². The average Bonchev–Trinajstić information content (AvgIpc) is 2.75. The molecule has 3 rings (SSSR count). The van der Waals surface area contributed by atoms with Crippen LogP contribution in [0.1, 0.15) is 10.4 Å². The molecule has 6 heteroatoms. The van der Waals surface area contributed by atoms with Crippen LogP contribution in [0.2, 0.25) is 0 Å². The predicted octanol–water partition coefficient (Wildman–Crippen LogP) is 1.73. The van der Waals surface area contributed by atoms with E-state index in [1.807, 2.05) is 7.05 Å². The Morgan fingerprint density at radius 3 is 3.10 bits per heavy atom. The van der Waals surface area contributed by atoms with E-state index in [1.54, 1.807) is 17.7 Å². The van der Waals surface area contributed by atoms with Crippen LogP contribution in [0.5, 0.6) is 0 Å². The molecular weight excluding hydrogens is 272 g/mol. The zero-order valence-electron chi connectivity index (χ0n) is 12.1. The number of hydrogen-bond acceptors (Lipinski definition) is 6. The van der Waals surface area contributed by atoms with Crippen LogP contribution in [-0.4, -0.2) is 49.4 Å². The topological polar surface area (TPSA) is 50.3 Å². The number of ether oxygens (including phenoxy) is 1. The van der Waals surface area contributed by atoms with Gasteiger partial charge >= 0.3 is 0 Å². The predicted molar refractivity (Wildman–Crippen MR) is 82.8 cm³/mol. The fraction of sp³-hybridized carbons (Fsp3) is 0.571. The standard InChI is InChI=1S/C14H20N4OS/c1-9-10(2)20-14-12(9)13(16-8-17-14)18-4-5-19-11(7-18)6-15-3/h8,11,15H,4-7H2,1-3H3. The second-order valence-electron chi connectivity index (χ2n) is 5.16. The summed E-state index contributed by atoms with van der Waals surface area (Å²) in [5.41, 5.74) is 1.30. The minimum Gasteiger partial charge on any atom is -0.373 e. The zero-order valence-corrected chi connectivity index (χ0v) is 13.0. The summed E-state index contributed by atoms with van der Waals surface area (Å²) < 4.78 is 5.77. The van der Waals surface area contributed by atoms with Crippen LogP contribution in [0.25, 0.3) is 10.2 Å². The van der Waals surface area contributed by atoms with E-state index < -0.39 is 0 Å². The Balaban J connectivity index is 1.97. The number of fused-ring (bicyclic) bond motifs is 1. The van der Waals surface area contributed by atoms with Crippen LogP contribution in [0.3, 0.4) is 0 Å². The lowest BCUT2D eigenvalue weighted by Gasteiger charge is -2.34. The number of hydrogen-bond donors (Lipinski definition) is 1. The third-order valence-electron chi connectivity index (χ3n) is 3.82. The molecule has 5 nitrogen and oxygen atoms in total. The molecule has 1 N–H and O–H groups in total. The molecule has 2 aromatic rings. The first-order valence-electron chi connectivity index (χ1n) is 6.92. The van der Waals surface area contributed by atoms with Crippen molar-refractivity contribution in [2.45, 2.75) is 20.0 Å². The molecule has 1 aliphatic rings. The van der Waals surface area contributed by atoms with Gasteiger partial charge in [-0.1, -0.05) is 0 Å². The largest absolute Gasteiger partial charge is 0.373 e. The maximum atomic E-state index is 5.77. The highest BCUT2D eigenvalue weighted by molar-refractivity contribution is 7.18. The number of rotatable bonds is 3. The molecule has 0 amide bonds. The summed E-state index contributed by atoms with van der Waals surface area (Å²) in [5, 5.41) is 4.39. The van der Waals surface area contributed by atoms with Crippen molar-refractivity contribution in [2.24, 2.45) is 0 Å². The molecule has 2 aromatic heterocycles. The summed E-state index contributed by atoms with van der Waals surface area (Å²) in [6, 6.07) is 0. The normalized spacial score (nSPS) is 19.8. The lowest BCUT2D eigenvalue weighted by atomic mass is 10.2. The van der Waals surface area contributed by atoms with E-state index in [2.05, 4.69) is 34.0 Å². The number of aromatic nitrogens is 2. The minimum absolute atomic E-state index is 0.221. The van der Waals surface area contributed by atoms with E-state index >= 15 is 0 Å². The van der Waals surface area contributed by atoms with Gasteiger partial charge in [-0.2, -0.15) is 0 Å². The van der Waals surface area contributed by atoms with Crippen LogP contribution in [0.4, 0.5) is 5.82 Å². The Labute approximate surface area is 123 Å². The first kappa shape index (κ1) is 13.7. The second kappa shape index (κ2) is 5.63. The van der Waals surface area contributed by atoms with Crippen molar-refractivity contribution in [3.8, 4) is 0 Å². The van der Waals surface area contributed by atoms with Crippen LogP contribution < -0.4 is 10.2 Å². The second-order valence-corrected chi connectivity index (χ2v) is 6.36. The van der Waals surface area contributed by atoms with Crippen molar-refractivity contribution in [3.05, 3.63) is 16.8 Å². The van der Waals surface area contributed by atoms with Gasteiger partial charge in [-0.15, -0.1) is 11.3 Å². The smallest absolute Gasteiger partial charge is 0.141 e. The fourth-order valence-corrected chi connectivity index (χ4v) is 3.66. The Kier molecular flexibility index (Phi) is 3.87. The van der Waals surface area contributed by atoms with E-state index in [0.717, 1.165) is 36.9 Å². The molecule has 0 bridgehead atoms. The lowest BCUT2D eigenvalue weighted by Crippen LogP contribution is -2.46. The molecule has 1 unspecified atom stereocenters. The Hall–Kier alpha value is -1.24. The molecular formula is C14H20N4OS. The summed E-state index contributed by atoms with van der Waals surface area (Å²) in [6.07, 6.45) is 1.90. The third kappa shape index (κ3) is 2.39. The Morgan fingerprint density at radius 1 is 1.45 bits per heavy atom. The maximum Gasteiger partial charge on any atom is 0.141 e. The summed E-state index contributed by atoms with van der Waals surface area (Å²) in [7, 11) is 1.96. The van der Waals surface area contributed by atoms with Gasteiger partial charge in [0.25, 0.3) is 0 Å². The van der Waals surface area contributed by atoms with Gasteiger partial charge in [0, 0.05) is 24.5 Å². The third-order valence-corrected chi connectivity index (χ3v) is 4.93. The van der Waals surface area contributed by atoms with Gasteiger partial charge in [-0.3, -0.25) is 0 Å². The number of anilines is 1. The van der Waals surface area contributed by atoms with E-state index in [0.29, 0.717) is 0 Å². The molecule has 0 saturated carbocycles. The van der Waals surface area contributed by atoms with Gasteiger partial charge < -0.3 is 15.0 Å². The summed E-state index contributed by atoms with van der Waals surface area (Å²) >= 11 is 1.75. The number of morpholine rings is 1. The fourth-order valence-electron chi connectivity index (χ4n) is 2.67. The van der Waals surface area contributed by atoms with E-state index in [4.69, 9.17) is 4.74 Å². The molecule has 20 heavy (non-hydrogen) atoms. The van der Waals surface area contributed by atoms with E-state index in [1.165, 1.54) is 15.8 Å². The van der Waals surface area contributed by atoms with Crippen LogP contribution in [0.15, 0.2) is 6.33 Å². The van der Waals surface area contributed by atoms with Crippen molar-refractivity contribution in [3.63, 3.8) is 0 Å². The van der Waals surface area contributed by atoms with Gasteiger partial charge in [-0.05, 0) is 26.5 Å². The number of likely N-dealkylation sites (N-methyl/N-ethyl adjacent to an activating group) is 1. The van der Waals surface area contributed by atoms with Gasteiger partial charge in [0.15, 0.2) is 0 Å². The molecule has 108 valence electrons. The SMILES string of the molecule is CNCC1CN(c2ncnc3sc(C)c(C)c23)CCO1. The van der Waals surface area contributed by atoms with Gasteiger partial charge in [0.05, 0.1) is 18.1 Å². The molecule has 0 aromatic carbocycles. The Bertz CT molecular complexity index is 610. The molecule has 1 aliphatic heterocycles. The molecule has 0 aliphatic carbocycles. The monoisotopic (exact) mass is 292 g/mol. The number of aryl methyl sites for hydroxylation is 2. The molecule has 3 heterocycles. The van der Waals surface area contributed by atoms with Crippen molar-refractivity contribution in [1.29, 1.82) is 0 Å². The summed E-state index contributed by atoms with van der Waals surface area (Å²) in [5.74, 6) is 1.06. The number of nitrogens with zero attached hydrogens (tertiary/aromatic N) is 3.